The van der Waals surface area contributed by atoms with Crippen LogP contribution in [0.3, 0.4) is 0 Å². The van der Waals surface area contributed by atoms with Gasteiger partial charge in [-0.2, -0.15) is 0 Å². The third-order valence-electron chi connectivity index (χ3n) is 8.67. The van der Waals surface area contributed by atoms with Crippen molar-refractivity contribution in [3.63, 3.8) is 0 Å². The van der Waals surface area contributed by atoms with Gasteiger partial charge in [0.1, 0.15) is 29.6 Å². The van der Waals surface area contributed by atoms with Gasteiger partial charge < -0.3 is 31.3 Å². The molecule has 0 aliphatic heterocycles. The quantitative estimate of drug-likeness (QED) is 0.0750. The maximum Gasteiger partial charge on any atom is 0.326 e. The van der Waals surface area contributed by atoms with Crippen molar-refractivity contribution in [2.75, 3.05) is 0 Å². The minimum atomic E-state index is -1.27. The van der Waals surface area contributed by atoms with Crippen molar-refractivity contribution in [2.45, 2.75) is 82.8 Å². The lowest BCUT2D eigenvalue weighted by Gasteiger charge is -2.25. The van der Waals surface area contributed by atoms with Crippen LogP contribution in [0.1, 0.15) is 60.4 Å². The van der Waals surface area contributed by atoms with Crippen LogP contribution in [0.5, 0.6) is 11.5 Å². The van der Waals surface area contributed by atoms with Crippen molar-refractivity contribution in [2.24, 2.45) is 0 Å². The summed E-state index contributed by atoms with van der Waals surface area (Å²) in [7, 11) is 0. The van der Waals surface area contributed by atoms with Crippen LogP contribution in [0.2, 0.25) is 0 Å². The standard InChI is InChI=1S/C41H47N3O7/c1-2-3-5-8-28-11-13-29(14-12-28)19-24-38(47)42-35(25-31-15-20-33(45)21-16-31)39(48)43-36(26-32-17-22-34(46)23-18-32)40(49)44-37(41(50)51)27-30-9-6-4-7-10-30/h4,6-7,9-18,20-23,35-37,45-46H,2-3,5,8,19,24-27H2,1H3,(H,42,47)(H,43,48)(H,44,49)(H,50,51)/t35-,36+,37+/m1/s1. The number of benzene rings is 4. The number of rotatable bonds is 19. The molecule has 0 saturated carbocycles. The van der Waals surface area contributed by atoms with Gasteiger partial charge in [-0.05, 0) is 71.3 Å². The zero-order valence-electron chi connectivity index (χ0n) is 28.9. The molecule has 0 aliphatic rings. The lowest BCUT2D eigenvalue weighted by atomic mass is 10.0. The molecule has 0 aromatic heterocycles. The Morgan fingerprint density at radius 3 is 1.47 bits per heavy atom. The SMILES string of the molecule is CCCCCc1ccc(CCC(=O)N[C@H](Cc2ccc(O)cc2)C(=O)N[C@@H](Cc2ccc(O)cc2)C(=O)N[C@@H](Cc2ccccc2)C(=O)O)cc1. The first-order valence-electron chi connectivity index (χ1n) is 17.4. The molecule has 10 heteroatoms. The average molecular weight is 694 g/mol. The number of hydrogen-bond donors (Lipinski definition) is 6. The highest BCUT2D eigenvalue weighted by atomic mass is 16.4. The fourth-order valence-corrected chi connectivity index (χ4v) is 5.72. The molecule has 0 saturated heterocycles. The van der Waals surface area contributed by atoms with E-state index in [1.807, 2.05) is 12.1 Å². The molecule has 3 atom stereocenters. The van der Waals surface area contributed by atoms with Crippen LogP contribution in [-0.2, 0) is 51.3 Å². The van der Waals surface area contributed by atoms with Crippen molar-refractivity contribution in [1.82, 2.24) is 16.0 Å². The Kier molecular flexibility index (Phi) is 14.6. The fraction of sp³-hybridized carbons (Fsp3) is 0.317. The number of carboxylic acid groups (broad SMARTS) is 1. The predicted octanol–water partition coefficient (Wildman–Crippen LogP) is 5.03. The van der Waals surface area contributed by atoms with Crippen molar-refractivity contribution in [1.29, 1.82) is 0 Å². The van der Waals surface area contributed by atoms with Gasteiger partial charge in [0.2, 0.25) is 17.7 Å². The number of aryl methyl sites for hydroxylation is 2. The molecule has 4 rings (SSSR count). The summed E-state index contributed by atoms with van der Waals surface area (Å²) in [5, 5.41) is 37.7. The van der Waals surface area contributed by atoms with E-state index in [9.17, 15) is 34.5 Å². The monoisotopic (exact) mass is 693 g/mol. The number of amides is 3. The van der Waals surface area contributed by atoms with E-state index in [1.165, 1.54) is 36.2 Å². The maximum atomic E-state index is 13.9. The highest BCUT2D eigenvalue weighted by Gasteiger charge is 2.30. The van der Waals surface area contributed by atoms with Crippen LogP contribution in [0, 0.1) is 0 Å². The Bertz CT molecular complexity index is 1710. The summed E-state index contributed by atoms with van der Waals surface area (Å²) in [6.45, 7) is 2.17. The van der Waals surface area contributed by atoms with Gasteiger partial charge in [-0.25, -0.2) is 4.79 Å². The largest absolute Gasteiger partial charge is 0.508 e. The first-order chi connectivity index (χ1) is 24.6. The Morgan fingerprint density at radius 2 is 0.961 bits per heavy atom. The van der Waals surface area contributed by atoms with E-state index in [2.05, 4.69) is 35.0 Å². The van der Waals surface area contributed by atoms with E-state index >= 15 is 0 Å². The van der Waals surface area contributed by atoms with Crippen LogP contribution in [0.25, 0.3) is 0 Å². The number of aliphatic carboxylic acids is 1. The Morgan fingerprint density at radius 1 is 0.529 bits per heavy atom. The first kappa shape index (κ1) is 38.2. The third-order valence-corrected chi connectivity index (χ3v) is 8.67. The number of carboxylic acids is 1. The molecule has 0 spiro atoms. The predicted molar refractivity (Wildman–Crippen MR) is 195 cm³/mol. The minimum Gasteiger partial charge on any atom is -0.508 e. The second kappa shape index (κ2) is 19.5. The van der Waals surface area contributed by atoms with E-state index in [-0.39, 0.29) is 43.1 Å². The van der Waals surface area contributed by atoms with Gasteiger partial charge in [-0.3, -0.25) is 14.4 Å². The third kappa shape index (κ3) is 13.0. The van der Waals surface area contributed by atoms with Crippen molar-refractivity contribution < 1.29 is 34.5 Å². The van der Waals surface area contributed by atoms with Crippen molar-refractivity contribution in [3.8, 4) is 11.5 Å². The van der Waals surface area contributed by atoms with Crippen LogP contribution in [0.15, 0.2) is 103 Å². The molecule has 3 amide bonds. The van der Waals surface area contributed by atoms with E-state index in [4.69, 9.17) is 0 Å². The number of nitrogens with one attached hydrogen (secondary N) is 3. The highest BCUT2D eigenvalue weighted by Crippen LogP contribution is 2.15. The molecule has 0 unspecified atom stereocenters. The molecule has 6 N–H and O–H groups in total. The summed E-state index contributed by atoms with van der Waals surface area (Å²) in [5.74, 6) is -2.86. The number of carbonyl (C=O) groups is 4. The Balaban J connectivity index is 1.50. The number of aromatic hydroxyl groups is 2. The van der Waals surface area contributed by atoms with Gasteiger partial charge in [-0.1, -0.05) is 98.6 Å². The lowest BCUT2D eigenvalue weighted by Crippen LogP contribution is -2.57. The van der Waals surface area contributed by atoms with E-state index in [0.717, 1.165) is 24.8 Å². The van der Waals surface area contributed by atoms with E-state index in [1.54, 1.807) is 54.6 Å². The molecule has 10 nitrogen and oxygen atoms in total. The zero-order chi connectivity index (χ0) is 36.6. The normalized spacial score (nSPS) is 12.6. The topological polar surface area (TPSA) is 165 Å². The number of phenols is 2. The molecular formula is C41H47N3O7. The van der Waals surface area contributed by atoms with Crippen LogP contribution in [0.4, 0.5) is 0 Å². The molecule has 4 aromatic carbocycles. The molecule has 0 radical (unpaired) electrons. The van der Waals surface area contributed by atoms with Gasteiger partial charge in [0.15, 0.2) is 0 Å². The van der Waals surface area contributed by atoms with Crippen molar-refractivity contribution >= 4 is 23.7 Å². The molecule has 0 heterocycles. The maximum absolute atomic E-state index is 13.9. The zero-order valence-corrected chi connectivity index (χ0v) is 28.9. The summed E-state index contributed by atoms with van der Waals surface area (Å²) < 4.78 is 0. The first-order valence-corrected chi connectivity index (χ1v) is 17.4. The van der Waals surface area contributed by atoms with Crippen LogP contribution < -0.4 is 16.0 Å². The minimum absolute atomic E-state index is 0.0101. The summed E-state index contributed by atoms with van der Waals surface area (Å²) in [4.78, 5) is 53.1. The lowest BCUT2D eigenvalue weighted by molar-refractivity contribution is -0.142. The molecular weight excluding hydrogens is 646 g/mol. The summed E-state index contributed by atoms with van der Waals surface area (Å²) in [6.07, 6.45) is 5.18. The van der Waals surface area contributed by atoms with Gasteiger partial charge in [-0.15, -0.1) is 0 Å². The highest BCUT2D eigenvalue weighted by molar-refractivity contribution is 5.93. The molecule has 0 aliphatic carbocycles. The molecule has 0 fully saturated rings. The van der Waals surface area contributed by atoms with Gasteiger partial charge >= 0.3 is 5.97 Å². The Hall–Kier alpha value is -5.64. The number of carbonyl (C=O) groups excluding carboxylic acids is 3. The smallest absolute Gasteiger partial charge is 0.326 e. The molecule has 51 heavy (non-hydrogen) atoms. The summed E-state index contributed by atoms with van der Waals surface area (Å²) in [6, 6.07) is 25.9. The number of unbranched alkanes of at least 4 members (excludes halogenated alkanes) is 2. The molecule has 268 valence electrons. The fourth-order valence-electron chi connectivity index (χ4n) is 5.72. The molecule has 0 bridgehead atoms. The van der Waals surface area contributed by atoms with Crippen LogP contribution >= 0.6 is 0 Å². The van der Waals surface area contributed by atoms with Crippen molar-refractivity contribution in [3.05, 3.63) is 131 Å². The second-order valence-electron chi connectivity index (χ2n) is 12.8. The van der Waals surface area contributed by atoms with Gasteiger partial charge in [0, 0.05) is 25.7 Å². The van der Waals surface area contributed by atoms with E-state index in [0.29, 0.717) is 23.1 Å². The van der Waals surface area contributed by atoms with Gasteiger partial charge in [0.25, 0.3) is 0 Å². The summed E-state index contributed by atoms with van der Waals surface area (Å²) >= 11 is 0. The van der Waals surface area contributed by atoms with Gasteiger partial charge in [0.05, 0.1) is 0 Å². The molecule has 4 aromatic rings. The number of hydrogen-bond acceptors (Lipinski definition) is 6. The van der Waals surface area contributed by atoms with Crippen LogP contribution in [-0.4, -0.2) is 57.1 Å². The second-order valence-corrected chi connectivity index (χ2v) is 12.8. The van der Waals surface area contributed by atoms with E-state index < -0.39 is 35.9 Å². The average Bonchev–Trinajstić information content (AvgIpc) is 3.12. The summed E-state index contributed by atoms with van der Waals surface area (Å²) in [5.41, 5.74) is 4.24. The Labute approximate surface area is 298 Å². The number of phenolic OH excluding ortho intramolecular Hbond substituents is 2.